The van der Waals surface area contributed by atoms with Gasteiger partial charge in [-0.05, 0) is 18.3 Å². The van der Waals surface area contributed by atoms with E-state index < -0.39 is 0 Å². The number of nitrogens with zero attached hydrogens (tertiary/aromatic N) is 1. The molecule has 2 aliphatic rings. The summed E-state index contributed by atoms with van der Waals surface area (Å²) in [6.45, 7) is 3.63. The third-order valence-corrected chi connectivity index (χ3v) is 3.71. The molecule has 2 nitrogen and oxygen atoms in total. The molecule has 0 aromatic heterocycles. The summed E-state index contributed by atoms with van der Waals surface area (Å²) in [6, 6.07) is 0.822. The fourth-order valence-electron chi connectivity index (χ4n) is 2.81. The number of hydrogen-bond acceptors (Lipinski definition) is 2. The molecule has 1 aliphatic carbocycles. The number of hydrazine groups is 1. The summed E-state index contributed by atoms with van der Waals surface area (Å²) in [5.74, 6) is 1.84. The number of nitrogens with one attached hydrogen (secondary N) is 1. The highest BCUT2D eigenvalue weighted by atomic mass is 15.5. The summed E-state index contributed by atoms with van der Waals surface area (Å²) < 4.78 is 0. The van der Waals surface area contributed by atoms with Gasteiger partial charge in [0.05, 0.1) is 0 Å². The lowest BCUT2D eigenvalue weighted by atomic mass is 9.87. The molecule has 1 N–H and O–H groups in total. The van der Waals surface area contributed by atoms with Crippen LogP contribution in [0.25, 0.3) is 0 Å². The first kappa shape index (κ1) is 8.52. The van der Waals surface area contributed by atoms with E-state index in [1.54, 1.807) is 0 Å². The molecule has 0 radical (unpaired) electrons. The molecule has 1 aliphatic heterocycles. The van der Waals surface area contributed by atoms with Crippen LogP contribution in [0.4, 0.5) is 0 Å². The van der Waals surface area contributed by atoms with Crippen molar-refractivity contribution in [3.63, 3.8) is 0 Å². The second-order valence-electron chi connectivity index (χ2n) is 4.47. The Hall–Kier alpha value is -0.0800. The molecule has 12 heavy (non-hydrogen) atoms. The lowest BCUT2D eigenvalue weighted by Crippen LogP contribution is -2.34. The third kappa shape index (κ3) is 1.38. The van der Waals surface area contributed by atoms with Crippen LogP contribution in [0.3, 0.4) is 0 Å². The largest absolute Gasteiger partial charge is 0.255 e. The van der Waals surface area contributed by atoms with E-state index in [1.165, 1.54) is 32.2 Å². The minimum Gasteiger partial charge on any atom is -0.255 e. The normalized spacial score (nSPS) is 44.0. The maximum absolute atomic E-state index is 3.45. The van der Waals surface area contributed by atoms with Gasteiger partial charge in [0.25, 0.3) is 0 Å². The van der Waals surface area contributed by atoms with E-state index in [0.29, 0.717) is 0 Å². The Kier molecular flexibility index (Phi) is 2.37. The monoisotopic (exact) mass is 168 g/mol. The molecule has 0 aromatic carbocycles. The Morgan fingerprint density at radius 3 is 2.83 bits per heavy atom. The smallest absolute Gasteiger partial charge is 0.0283 e. The van der Waals surface area contributed by atoms with Gasteiger partial charge in [-0.3, -0.25) is 5.43 Å². The van der Waals surface area contributed by atoms with Crippen LogP contribution in [0.15, 0.2) is 0 Å². The van der Waals surface area contributed by atoms with Crippen LogP contribution in [-0.2, 0) is 0 Å². The average Bonchev–Trinajstić information content (AvgIpc) is 2.30. The van der Waals surface area contributed by atoms with Crippen molar-refractivity contribution in [3.05, 3.63) is 0 Å². The quantitative estimate of drug-likeness (QED) is 0.591. The van der Waals surface area contributed by atoms with E-state index in [2.05, 4.69) is 24.4 Å². The summed E-state index contributed by atoms with van der Waals surface area (Å²) in [4.78, 5) is 0. The van der Waals surface area contributed by atoms with Crippen LogP contribution >= 0.6 is 0 Å². The highest BCUT2D eigenvalue weighted by molar-refractivity contribution is 4.88. The lowest BCUT2D eigenvalue weighted by Gasteiger charge is -2.24. The van der Waals surface area contributed by atoms with Crippen LogP contribution in [0.1, 0.15) is 32.6 Å². The predicted octanol–water partition coefficient (Wildman–Crippen LogP) is 1.63. The average molecular weight is 168 g/mol. The predicted molar refractivity (Wildman–Crippen MR) is 50.7 cm³/mol. The molecule has 1 heterocycles. The van der Waals surface area contributed by atoms with Crippen molar-refractivity contribution in [2.24, 2.45) is 11.8 Å². The van der Waals surface area contributed by atoms with E-state index in [-0.39, 0.29) is 0 Å². The van der Waals surface area contributed by atoms with Crippen molar-refractivity contribution in [1.29, 1.82) is 0 Å². The van der Waals surface area contributed by atoms with Gasteiger partial charge in [-0.15, -0.1) is 0 Å². The van der Waals surface area contributed by atoms with Crippen molar-refractivity contribution in [2.75, 3.05) is 13.6 Å². The maximum atomic E-state index is 3.45. The second kappa shape index (κ2) is 3.35. The molecule has 2 rings (SSSR count). The Morgan fingerprint density at radius 1 is 1.25 bits per heavy atom. The van der Waals surface area contributed by atoms with Gasteiger partial charge in [0.1, 0.15) is 0 Å². The highest BCUT2D eigenvalue weighted by Gasteiger charge is 2.35. The Labute approximate surface area is 75.3 Å². The Balaban J connectivity index is 2.07. The number of rotatable bonds is 0. The molecule has 2 heteroatoms. The van der Waals surface area contributed by atoms with Crippen molar-refractivity contribution < 1.29 is 0 Å². The second-order valence-corrected chi connectivity index (χ2v) is 4.47. The van der Waals surface area contributed by atoms with E-state index in [4.69, 9.17) is 0 Å². The van der Waals surface area contributed by atoms with Gasteiger partial charge in [0, 0.05) is 19.6 Å². The summed E-state index contributed by atoms with van der Waals surface area (Å²) >= 11 is 0. The number of fused-ring (bicyclic) bond motifs is 1. The first-order valence-electron chi connectivity index (χ1n) is 5.25. The summed E-state index contributed by atoms with van der Waals surface area (Å²) in [5.41, 5.74) is 3.45. The van der Waals surface area contributed by atoms with Crippen LogP contribution < -0.4 is 5.43 Å². The molecule has 2 unspecified atom stereocenters. The maximum Gasteiger partial charge on any atom is 0.0283 e. The van der Waals surface area contributed by atoms with Crippen molar-refractivity contribution >= 4 is 0 Å². The third-order valence-electron chi connectivity index (χ3n) is 3.71. The first-order valence-corrected chi connectivity index (χ1v) is 5.25. The van der Waals surface area contributed by atoms with E-state index in [9.17, 15) is 0 Å². The molecule has 0 amide bonds. The zero-order chi connectivity index (χ0) is 8.55. The molecule has 1 saturated carbocycles. The molecule has 0 bridgehead atoms. The van der Waals surface area contributed by atoms with E-state index in [0.717, 1.165) is 17.9 Å². The first-order chi connectivity index (χ1) is 5.79. The summed E-state index contributed by atoms with van der Waals surface area (Å²) in [7, 11) is 2.20. The zero-order valence-corrected chi connectivity index (χ0v) is 8.21. The van der Waals surface area contributed by atoms with Crippen LogP contribution in [0.2, 0.25) is 0 Å². The Morgan fingerprint density at radius 2 is 2.00 bits per heavy atom. The van der Waals surface area contributed by atoms with Gasteiger partial charge in [-0.25, -0.2) is 5.01 Å². The summed E-state index contributed by atoms with van der Waals surface area (Å²) in [6.07, 6.45) is 5.72. The Bertz CT molecular complexity index is 158. The van der Waals surface area contributed by atoms with Gasteiger partial charge in [0.15, 0.2) is 0 Å². The standard InChI is InChI=1S/C10H20N2/c1-8-5-3-4-6-10-9(8)7-11-12(10)2/h8-11H,3-7H2,1-2H3/t8-,9?,10?/m0/s1. The number of hydrogen-bond donors (Lipinski definition) is 1. The molecule has 2 fully saturated rings. The van der Waals surface area contributed by atoms with Gasteiger partial charge >= 0.3 is 0 Å². The minimum atomic E-state index is 0.822. The summed E-state index contributed by atoms with van der Waals surface area (Å²) in [5, 5.41) is 2.34. The van der Waals surface area contributed by atoms with Gasteiger partial charge in [-0.1, -0.05) is 26.2 Å². The molecular weight excluding hydrogens is 148 g/mol. The molecule has 1 saturated heterocycles. The molecule has 3 atom stereocenters. The van der Waals surface area contributed by atoms with E-state index in [1.807, 2.05) is 0 Å². The van der Waals surface area contributed by atoms with Gasteiger partial charge in [0.2, 0.25) is 0 Å². The topological polar surface area (TPSA) is 15.3 Å². The molecular formula is C10H20N2. The van der Waals surface area contributed by atoms with Crippen LogP contribution in [0, 0.1) is 11.8 Å². The van der Waals surface area contributed by atoms with Crippen LogP contribution in [0.5, 0.6) is 0 Å². The molecule has 70 valence electrons. The van der Waals surface area contributed by atoms with Crippen molar-refractivity contribution in [2.45, 2.75) is 38.6 Å². The minimum absolute atomic E-state index is 0.822. The zero-order valence-electron chi connectivity index (χ0n) is 8.21. The lowest BCUT2D eigenvalue weighted by molar-refractivity contribution is 0.196. The fourth-order valence-corrected chi connectivity index (χ4v) is 2.81. The highest BCUT2D eigenvalue weighted by Crippen LogP contribution is 2.33. The molecule has 0 spiro atoms. The van der Waals surface area contributed by atoms with Gasteiger partial charge < -0.3 is 0 Å². The van der Waals surface area contributed by atoms with Gasteiger partial charge in [-0.2, -0.15) is 0 Å². The fraction of sp³-hybridized carbons (Fsp3) is 1.00. The molecule has 0 aromatic rings. The van der Waals surface area contributed by atoms with Crippen molar-refractivity contribution in [3.8, 4) is 0 Å². The van der Waals surface area contributed by atoms with Crippen LogP contribution in [-0.4, -0.2) is 24.6 Å². The SMILES string of the molecule is C[C@H]1CCCCC2C1CNN2C. The van der Waals surface area contributed by atoms with Crippen molar-refractivity contribution in [1.82, 2.24) is 10.4 Å². The van der Waals surface area contributed by atoms with E-state index >= 15 is 0 Å².